The first-order valence-electron chi connectivity index (χ1n) is 9.08. The van der Waals surface area contributed by atoms with Crippen molar-refractivity contribution in [1.29, 1.82) is 0 Å². The summed E-state index contributed by atoms with van der Waals surface area (Å²) in [5.74, 6) is 0. The van der Waals surface area contributed by atoms with E-state index in [1.54, 1.807) is 35.0 Å². The third kappa shape index (κ3) is 3.65. The van der Waals surface area contributed by atoms with Crippen LogP contribution in [-0.4, -0.2) is 47.1 Å². The van der Waals surface area contributed by atoms with Crippen molar-refractivity contribution >= 4 is 33.3 Å². The number of pyridine rings is 1. The molecule has 28 heavy (non-hydrogen) atoms. The normalized spacial score (nSPS) is 18.3. The van der Waals surface area contributed by atoms with Crippen LogP contribution in [0, 0.1) is 0 Å². The molecule has 1 atom stereocenters. The molecule has 2 aromatic heterocycles. The lowest BCUT2D eigenvalue weighted by atomic mass is 10.1. The average Bonchev–Trinajstić information content (AvgIpc) is 3.12. The monoisotopic (exact) mass is 421 g/mol. The number of hydrogen-bond acceptors (Lipinski definition) is 5. The predicted octanol–water partition coefficient (Wildman–Crippen LogP) is 2.77. The summed E-state index contributed by atoms with van der Waals surface area (Å²) in [5.41, 5.74) is 1.83. The van der Waals surface area contributed by atoms with Gasteiger partial charge in [0.05, 0.1) is 22.7 Å². The Bertz CT molecular complexity index is 1050. The number of piperazine rings is 1. The van der Waals surface area contributed by atoms with Gasteiger partial charge in [-0.05, 0) is 43.7 Å². The fourth-order valence-corrected chi connectivity index (χ4v) is 5.22. The van der Waals surface area contributed by atoms with Gasteiger partial charge in [0.25, 0.3) is 0 Å². The summed E-state index contributed by atoms with van der Waals surface area (Å²) in [4.78, 5) is 4.45. The Kier molecular flexibility index (Phi) is 6.04. The maximum atomic E-state index is 13.4. The Hall–Kier alpha value is -2.00. The molecule has 1 unspecified atom stereocenters. The van der Waals surface area contributed by atoms with Crippen molar-refractivity contribution in [3.63, 3.8) is 0 Å². The number of hydrogen-bond donors (Lipinski definition) is 1. The predicted molar refractivity (Wildman–Crippen MR) is 111 cm³/mol. The van der Waals surface area contributed by atoms with Gasteiger partial charge in [0, 0.05) is 43.5 Å². The number of benzene rings is 1. The van der Waals surface area contributed by atoms with Gasteiger partial charge in [-0.2, -0.15) is 9.40 Å². The van der Waals surface area contributed by atoms with Crippen molar-refractivity contribution in [3.05, 3.63) is 54.5 Å². The molecule has 7 nitrogen and oxygen atoms in total. The van der Waals surface area contributed by atoms with Crippen LogP contribution in [0.4, 0.5) is 0 Å². The number of aromatic nitrogens is 3. The first-order valence-corrected chi connectivity index (χ1v) is 10.5. The first kappa shape index (κ1) is 20.7. The summed E-state index contributed by atoms with van der Waals surface area (Å²) in [6.07, 6.45) is 5.15. The van der Waals surface area contributed by atoms with Crippen molar-refractivity contribution in [2.75, 3.05) is 19.6 Å². The summed E-state index contributed by atoms with van der Waals surface area (Å²) in [7, 11) is -3.63. The second-order valence-electron chi connectivity index (χ2n) is 7.03. The molecule has 150 valence electrons. The van der Waals surface area contributed by atoms with Crippen LogP contribution < -0.4 is 5.32 Å². The number of nitrogens with zero attached hydrogens (tertiary/aromatic N) is 4. The number of halogens is 1. The van der Waals surface area contributed by atoms with Crippen molar-refractivity contribution in [3.8, 4) is 0 Å². The van der Waals surface area contributed by atoms with E-state index in [4.69, 9.17) is 0 Å². The van der Waals surface area contributed by atoms with Crippen LogP contribution in [0.3, 0.4) is 0 Å². The second kappa shape index (κ2) is 8.16. The zero-order valence-electron chi connectivity index (χ0n) is 15.8. The SMILES string of the molecule is CC(C)n1ncc2cc(S(=O)(=O)N3CCNCC3c3cccnc3)ccc21.Cl. The lowest BCUT2D eigenvalue weighted by molar-refractivity contribution is 0.271. The first-order chi connectivity index (χ1) is 13.0. The number of sulfonamides is 1. The van der Waals surface area contributed by atoms with Crippen LogP contribution in [0.15, 0.2) is 53.8 Å². The van der Waals surface area contributed by atoms with Crippen molar-refractivity contribution in [2.24, 2.45) is 0 Å². The standard InChI is InChI=1S/C19H23N5O2S.ClH/c1-14(2)24-18-6-5-17(10-16(18)12-22-24)27(25,26)23-9-8-21-13-19(23)15-4-3-7-20-11-15;/h3-7,10-12,14,19,21H,8-9,13H2,1-2H3;1H. The Morgan fingerprint density at radius 3 is 2.75 bits per heavy atom. The molecule has 0 radical (unpaired) electrons. The Balaban J connectivity index is 0.00000225. The highest BCUT2D eigenvalue weighted by molar-refractivity contribution is 7.89. The largest absolute Gasteiger partial charge is 0.313 e. The molecular formula is C19H24ClN5O2S. The molecular weight excluding hydrogens is 398 g/mol. The van der Waals surface area contributed by atoms with E-state index in [9.17, 15) is 8.42 Å². The smallest absolute Gasteiger partial charge is 0.243 e. The summed E-state index contributed by atoms with van der Waals surface area (Å²) in [6, 6.07) is 8.94. The summed E-state index contributed by atoms with van der Waals surface area (Å²) >= 11 is 0. The summed E-state index contributed by atoms with van der Waals surface area (Å²) in [5, 5.41) is 8.50. The van der Waals surface area contributed by atoms with Crippen molar-refractivity contribution in [2.45, 2.75) is 30.8 Å². The molecule has 1 saturated heterocycles. The number of nitrogens with one attached hydrogen (secondary N) is 1. The molecule has 1 aliphatic heterocycles. The minimum atomic E-state index is -3.63. The lowest BCUT2D eigenvalue weighted by Crippen LogP contribution is -2.48. The fourth-order valence-electron chi connectivity index (χ4n) is 3.57. The molecule has 0 aliphatic carbocycles. The molecule has 0 saturated carbocycles. The number of rotatable bonds is 4. The molecule has 4 rings (SSSR count). The molecule has 9 heteroatoms. The fraction of sp³-hybridized carbons (Fsp3) is 0.368. The molecule has 1 aromatic carbocycles. The summed E-state index contributed by atoms with van der Waals surface area (Å²) in [6.45, 7) is 5.72. The van der Waals surface area contributed by atoms with Crippen LogP contribution >= 0.6 is 12.4 Å². The van der Waals surface area contributed by atoms with E-state index in [1.165, 1.54) is 0 Å². The van der Waals surface area contributed by atoms with E-state index in [-0.39, 0.29) is 24.5 Å². The third-order valence-corrected chi connectivity index (χ3v) is 6.83. The molecule has 1 aliphatic rings. The molecule has 0 bridgehead atoms. The Morgan fingerprint density at radius 2 is 2.04 bits per heavy atom. The highest BCUT2D eigenvalue weighted by atomic mass is 35.5. The molecule has 0 amide bonds. The van der Waals surface area contributed by atoms with Gasteiger partial charge < -0.3 is 5.32 Å². The van der Waals surface area contributed by atoms with Gasteiger partial charge in [0.15, 0.2) is 0 Å². The van der Waals surface area contributed by atoms with Crippen LogP contribution in [-0.2, 0) is 10.0 Å². The van der Waals surface area contributed by atoms with Crippen LogP contribution in [0.5, 0.6) is 0 Å². The minimum Gasteiger partial charge on any atom is -0.313 e. The van der Waals surface area contributed by atoms with Gasteiger partial charge >= 0.3 is 0 Å². The molecule has 1 fully saturated rings. The van der Waals surface area contributed by atoms with Crippen LogP contribution in [0.25, 0.3) is 10.9 Å². The topological polar surface area (TPSA) is 80.1 Å². The van der Waals surface area contributed by atoms with Gasteiger partial charge in [-0.15, -0.1) is 12.4 Å². The van der Waals surface area contributed by atoms with Crippen molar-refractivity contribution < 1.29 is 8.42 Å². The highest BCUT2D eigenvalue weighted by Crippen LogP contribution is 2.30. The Labute approximate surface area is 171 Å². The third-order valence-electron chi connectivity index (χ3n) is 4.93. The maximum Gasteiger partial charge on any atom is 0.243 e. The highest BCUT2D eigenvalue weighted by Gasteiger charge is 2.34. The van der Waals surface area contributed by atoms with Gasteiger partial charge in [-0.3, -0.25) is 9.67 Å². The average molecular weight is 422 g/mol. The van der Waals surface area contributed by atoms with Gasteiger partial charge in [-0.1, -0.05) is 6.07 Å². The minimum absolute atomic E-state index is 0. The number of fused-ring (bicyclic) bond motifs is 1. The van der Waals surface area contributed by atoms with E-state index < -0.39 is 10.0 Å². The van der Waals surface area contributed by atoms with E-state index in [0.717, 1.165) is 16.5 Å². The molecule has 1 N–H and O–H groups in total. The van der Waals surface area contributed by atoms with Gasteiger partial charge in [-0.25, -0.2) is 8.42 Å². The zero-order valence-corrected chi connectivity index (χ0v) is 17.4. The van der Waals surface area contributed by atoms with E-state index >= 15 is 0 Å². The zero-order chi connectivity index (χ0) is 19.0. The maximum absolute atomic E-state index is 13.4. The van der Waals surface area contributed by atoms with Crippen molar-refractivity contribution in [1.82, 2.24) is 24.4 Å². The van der Waals surface area contributed by atoms with E-state index in [2.05, 4.69) is 29.2 Å². The van der Waals surface area contributed by atoms with E-state index in [1.807, 2.05) is 22.9 Å². The lowest BCUT2D eigenvalue weighted by Gasteiger charge is -2.35. The quantitative estimate of drug-likeness (QED) is 0.700. The molecule has 3 aromatic rings. The van der Waals surface area contributed by atoms with Crippen LogP contribution in [0.1, 0.15) is 31.5 Å². The van der Waals surface area contributed by atoms with E-state index in [0.29, 0.717) is 24.5 Å². The molecule has 0 spiro atoms. The molecule has 3 heterocycles. The van der Waals surface area contributed by atoms with Gasteiger partial charge in [0.1, 0.15) is 0 Å². The summed E-state index contributed by atoms with van der Waals surface area (Å²) < 4.78 is 30.3. The Morgan fingerprint density at radius 1 is 1.21 bits per heavy atom. The van der Waals surface area contributed by atoms with Gasteiger partial charge in [0.2, 0.25) is 10.0 Å². The second-order valence-corrected chi connectivity index (χ2v) is 8.92. The van der Waals surface area contributed by atoms with Crippen LogP contribution in [0.2, 0.25) is 0 Å².